The number of benzene rings is 1. The topological polar surface area (TPSA) is 55.0 Å². The first-order chi connectivity index (χ1) is 9.31. The smallest absolute Gasteiger partial charge is 0.148 e. The highest BCUT2D eigenvalue weighted by atomic mass is 15.3. The number of hydrogen-bond donors (Lipinski definition) is 1. The summed E-state index contributed by atoms with van der Waals surface area (Å²) in [4.78, 5) is 11.8. The molecule has 2 atom stereocenters. The van der Waals surface area contributed by atoms with Crippen molar-refractivity contribution in [2.24, 2.45) is 5.73 Å². The van der Waals surface area contributed by atoms with E-state index < -0.39 is 0 Å². The van der Waals surface area contributed by atoms with Crippen molar-refractivity contribution in [2.45, 2.75) is 43.8 Å². The predicted molar refractivity (Wildman–Crippen MR) is 76.0 cm³/mol. The third kappa shape index (κ3) is 1.78. The lowest BCUT2D eigenvalue weighted by atomic mass is 9.98. The van der Waals surface area contributed by atoms with Crippen LogP contribution in [0.1, 0.15) is 25.7 Å². The summed E-state index contributed by atoms with van der Waals surface area (Å²) in [6.07, 6.45) is 6.58. The zero-order valence-electron chi connectivity index (χ0n) is 10.9. The van der Waals surface area contributed by atoms with Crippen molar-refractivity contribution >= 4 is 16.9 Å². The molecule has 4 nitrogen and oxygen atoms in total. The van der Waals surface area contributed by atoms with Crippen LogP contribution in [0.3, 0.4) is 0 Å². The lowest BCUT2D eigenvalue weighted by Crippen LogP contribution is -2.47. The van der Waals surface area contributed by atoms with Crippen LogP contribution in [0.25, 0.3) is 11.0 Å². The summed E-state index contributed by atoms with van der Waals surface area (Å²) < 4.78 is 0. The van der Waals surface area contributed by atoms with Gasteiger partial charge in [-0.05, 0) is 37.8 Å². The number of anilines is 1. The second kappa shape index (κ2) is 4.17. The van der Waals surface area contributed by atoms with Gasteiger partial charge in [-0.3, -0.25) is 4.98 Å². The maximum absolute atomic E-state index is 6.12. The molecule has 19 heavy (non-hydrogen) atoms. The van der Waals surface area contributed by atoms with Gasteiger partial charge in [-0.25, -0.2) is 4.98 Å². The summed E-state index contributed by atoms with van der Waals surface area (Å²) in [7, 11) is 0. The molecule has 2 aromatic rings. The molecule has 1 aromatic carbocycles. The van der Waals surface area contributed by atoms with E-state index in [-0.39, 0.29) is 0 Å². The molecule has 2 unspecified atom stereocenters. The minimum atomic E-state index is 0.363. The van der Waals surface area contributed by atoms with Gasteiger partial charge in [0.25, 0.3) is 0 Å². The van der Waals surface area contributed by atoms with Crippen LogP contribution < -0.4 is 10.6 Å². The van der Waals surface area contributed by atoms with Gasteiger partial charge in [-0.1, -0.05) is 12.1 Å². The highest BCUT2D eigenvalue weighted by molar-refractivity contribution is 5.75. The van der Waals surface area contributed by atoms with E-state index in [9.17, 15) is 0 Å². The number of nitrogens with two attached hydrogens (primary N) is 1. The fourth-order valence-electron chi connectivity index (χ4n) is 3.67. The van der Waals surface area contributed by atoms with Crippen LogP contribution in [0, 0.1) is 0 Å². The van der Waals surface area contributed by atoms with E-state index in [2.05, 4.69) is 9.88 Å². The Kier molecular flexibility index (Phi) is 2.45. The van der Waals surface area contributed by atoms with Crippen LogP contribution in [0.15, 0.2) is 30.5 Å². The number of piperidine rings is 1. The van der Waals surface area contributed by atoms with Crippen LogP contribution >= 0.6 is 0 Å². The molecule has 2 aliphatic heterocycles. The minimum absolute atomic E-state index is 0.363. The van der Waals surface area contributed by atoms with Crippen LogP contribution in [0.5, 0.6) is 0 Å². The molecule has 0 radical (unpaired) electrons. The van der Waals surface area contributed by atoms with Crippen LogP contribution in [-0.2, 0) is 0 Å². The van der Waals surface area contributed by atoms with Crippen molar-refractivity contribution in [3.8, 4) is 0 Å². The number of rotatable bonds is 1. The first-order valence-electron chi connectivity index (χ1n) is 7.07. The zero-order valence-corrected chi connectivity index (χ0v) is 10.9. The van der Waals surface area contributed by atoms with Crippen molar-refractivity contribution in [1.82, 2.24) is 9.97 Å². The Morgan fingerprint density at radius 2 is 1.74 bits per heavy atom. The second-order valence-corrected chi connectivity index (χ2v) is 5.74. The van der Waals surface area contributed by atoms with Crippen molar-refractivity contribution in [3.05, 3.63) is 30.5 Å². The molecular weight excluding hydrogens is 236 g/mol. The molecule has 0 spiro atoms. The molecule has 0 saturated carbocycles. The molecule has 2 N–H and O–H groups in total. The lowest BCUT2D eigenvalue weighted by molar-refractivity contribution is 0.412. The van der Waals surface area contributed by atoms with E-state index >= 15 is 0 Å². The van der Waals surface area contributed by atoms with E-state index in [1.165, 1.54) is 12.8 Å². The van der Waals surface area contributed by atoms with E-state index in [1.54, 1.807) is 0 Å². The standard InChI is InChI=1S/C15H18N4/c16-10-7-11-5-6-12(8-10)19(11)15-9-17-13-3-1-2-4-14(13)18-15/h1-4,9-12H,5-8,16H2. The van der Waals surface area contributed by atoms with Gasteiger partial charge >= 0.3 is 0 Å². The van der Waals surface area contributed by atoms with Crippen molar-refractivity contribution in [2.75, 3.05) is 4.90 Å². The Balaban J connectivity index is 1.74. The first kappa shape index (κ1) is 11.2. The fraction of sp³-hybridized carbons (Fsp3) is 0.467. The zero-order chi connectivity index (χ0) is 12.8. The highest BCUT2D eigenvalue weighted by Gasteiger charge is 2.40. The van der Waals surface area contributed by atoms with E-state index in [4.69, 9.17) is 10.7 Å². The van der Waals surface area contributed by atoms with Crippen LogP contribution in [-0.4, -0.2) is 28.1 Å². The highest BCUT2D eigenvalue weighted by Crippen LogP contribution is 2.38. The Morgan fingerprint density at radius 3 is 2.47 bits per heavy atom. The lowest BCUT2D eigenvalue weighted by Gasteiger charge is -2.38. The monoisotopic (exact) mass is 254 g/mol. The molecule has 3 heterocycles. The molecule has 2 fully saturated rings. The molecule has 98 valence electrons. The van der Waals surface area contributed by atoms with Crippen LogP contribution in [0.2, 0.25) is 0 Å². The molecule has 4 rings (SSSR count). The molecular formula is C15H18N4. The molecule has 2 saturated heterocycles. The average Bonchev–Trinajstić information content (AvgIpc) is 2.70. The largest absolute Gasteiger partial charge is 0.349 e. The van der Waals surface area contributed by atoms with Gasteiger partial charge in [-0.15, -0.1) is 0 Å². The van der Waals surface area contributed by atoms with E-state index in [1.807, 2.05) is 30.5 Å². The summed E-state index contributed by atoms with van der Waals surface area (Å²) >= 11 is 0. The number of fused-ring (bicyclic) bond motifs is 3. The van der Waals surface area contributed by atoms with Gasteiger partial charge < -0.3 is 10.6 Å². The summed E-state index contributed by atoms with van der Waals surface area (Å²) in [5, 5.41) is 0. The van der Waals surface area contributed by atoms with E-state index in [0.717, 1.165) is 29.7 Å². The van der Waals surface area contributed by atoms with Gasteiger partial charge in [0, 0.05) is 18.1 Å². The number of hydrogen-bond acceptors (Lipinski definition) is 4. The SMILES string of the molecule is NC1CC2CCC(C1)N2c1cnc2ccccc2n1. The Morgan fingerprint density at radius 1 is 1.05 bits per heavy atom. The van der Waals surface area contributed by atoms with E-state index in [0.29, 0.717) is 18.1 Å². The Bertz CT molecular complexity index is 598. The fourth-order valence-corrected chi connectivity index (χ4v) is 3.67. The first-order valence-corrected chi connectivity index (χ1v) is 7.07. The summed E-state index contributed by atoms with van der Waals surface area (Å²) in [6, 6.07) is 9.54. The third-order valence-corrected chi connectivity index (χ3v) is 4.47. The van der Waals surface area contributed by atoms with Crippen molar-refractivity contribution < 1.29 is 0 Å². The summed E-state index contributed by atoms with van der Waals surface area (Å²) in [5.41, 5.74) is 8.07. The normalized spacial score (nSPS) is 29.9. The van der Waals surface area contributed by atoms with Crippen molar-refractivity contribution in [3.63, 3.8) is 0 Å². The number of para-hydroxylation sites is 2. The maximum atomic E-state index is 6.12. The molecule has 2 aliphatic rings. The molecule has 4 heteroatoms. The minimum Gasteiger partial charge on any atom is -0.349 e. The van der Waals surface area contributed by atoms with Gasteiger partial charge in [-0.2, -0.15) is 0 Å². The molecule has 0 amide bonds. The maximum Gasteiger partial charge on any atom is 0.148 e. The van der Waals surface area contributed by atoms with Gasteiger partial charge in [0.2, 0.25) is 0 Å². The molecule has 2 bridgehead atoms. The van der Waals surface area contributed by atoms with Gasteiger partial charge in [0.15, 0.2) is 0 Å². The average molecular weight is 254 g/mol. The quantitative estimate of drug-likeness (QED) is 0.846. The third-order valence-electron chi connectivity index (χ3n) is 4.47. The second-order valence-electron chi connectivity index (χ2n) is 5.74. The van der Waals surface area contributed by atoms with Gasteiger partial charge in [0.05, 0.1) is 17.2 Å². The summed E-state index contributed by atoms with van der Waals surface area (Å²) in [5.74, 6) is 1.03. The molecule has 0 aliphatic carbocycles. The Hall–Kier alpha value is -1.68. The van der Waals surface area contributed by atoms with Crippen molar-refractivity contribution in [1.29, 1.82) is 0 Å². The Labute approximate surface area is 112 Å². The number of aromatic nitrogens is 2. The molecule has 1 aromatic heterocycles. The summed E-state index contributed by atoms with van der Waals surface area (Å²) in [6.45, 7) is 0. The predicted octanol–water partition coefficient (Wildman–Crippen LogP) is 2.09. The van der Waals surface area contributed by atoms with Gasteiger partial charge in [0.1, 0.15) is 5.82 Å². The number of nitrogens with zero attached hydrogens (tertiary/aromatic N) is 3. The van der Waals surface area contributed by atoms with Crippen LogP contribution in [0.4, 0.5) is 5.82 Å².